The second-order valence-corrected chi connectivity index (χ2v) is 9.91. The van der Waals surface area contributed by atoms with Gasteiger partial charge in [-0.25, -0.2) is 13.2 Å². The fraction of sp³-hybridized carbons (Fsp3) is 0.517. The van der Waals surface area contributed by atoms with Crippen LogP contribution in [-0.4, -0.2) is 12.8 Å². The van der Waals surface area contributed by atoms with Crippen molar-refractivity contribution in [1.29, 1.82) is 0 Å². The Morgan fingerprint density at radius 2 is 1.78 bits per heavy atom. The van der Waals surface area contributed by atoms with Crippen LogP contribution >= 0.6 is 0 Å². The zero-order valence-corrected chi connectivity index (χ0v) is 20.3. The standard InChI is InChI=1S/C29H30F6O/c1-2-3-4-5-18-6-8-19(9-7-18)20-10-11-26(36-17-20)21-14-22-16-24(30)23(12-13-29(33,34)35)28(32)27(22)25(31)15-21/h6,14-16,19-20,26H,2-5,7-11,17H2,1H3. The molecule has 0 bridgehead atoms. The Kier molecular flexibility index (Phi) is 8.34. The zero-order chi connectivity index (χ0) is 25.9. The smallest absolute Gasteiger partial charge is 0.373 e. The highest BCUT2D eigenvalue weighted by molar-refractivity contribution is 5.86. The molecule has 7 heteroatoms. The van der Waals surface area contributed by atoms with Crippen LogP contribution in [0.2, 0.25) is 0 Å². The van der Waals surface area contributed by atoms with Gasteiger partial charge in [0.25, 0.3) is 0 Å². The Hall–Kier alpha value is -2.46. The fourth-order valence-electron chi connectivity index (χ4n) is 5.44. The lowest BCUT2D eigenvalue weighted by atomic mass is 9.76. The van der Waals surface area contributed by atoms with E-state index in [1.54, 1.807) is 5.57 Å². The molecule has 2 aromatic carbocycles. The molecule has 0 amide bonds. The Morgan fingerprint density at radius 3 is 2.42 bits per heavy atom. The molecular formula is C29H30F6O. The van der Waals surface area contributed by atoms with Gasteiger partial charge in [0.2, 0.25) is 0 Å². The highest BCUT2D eigenvalue weighted by Crippen LogP contribution is 2.40. The minimum Gasteiger partial charge on any atom is -0.373 e. The van der Waals surface area contributed by atoms with Crippen LogP contribution in [0.25, 0.3) is 10.8 Å². The van der Waals surface area contributed by atoms with E-state index in [0.29, 0.717) is 30.4 Å². The molecule has 3 unspecified atom stereocenters. The maximum atomic E-state index is 14.9. The van der Waals surface area contributed by atoms with Crippen molar-refractivity contribution in [2.45, 2.75) is 77.0 Å². The van der Waals surface area contributed by atoms with Gasteiger partial charge in [-0.15, -0.1) is 0 Å². The van der Waals surface area contributed by atoms with Gasteiger partial charge in [0.05, 0.1) is 23.7 Å². The largest absolute Gasteiger partial charge is 0.458 e. The molecule has 1 heterocycles. The molecule has 0 saturated carbocycles. The van der Waals surface area contributed by atoms with E-state index < -0.39 is 40.7 Å². The topological polar surface area (TPSA) is 9.23 Å². The van der Waals surface area contributed by atoms with Gasteiger partial charge in [-0.05, 0) is 85.9 Å². The van der Waals surface area contributed by atoms with E-state index in [4.69, 9.17) is 4.74 Å². The van der Waals surface area contributed by atoms with Crippen molar-refractivity contribution >= 4 is 10.8 Å². The van der Waals surface area contributed by atoms with E-state index >= 15 is 0 Å². The first-order chi connectivity index (χ1) is 17.2. The van der Waals surface area contributed by atoms with Crippen LogP contribution in [0.15, 0.2) is 29.8 Å². The average molecular weight is 509 g/mol. The highest BCUT2D eigenvalue weighted by atomic mass is 19.4. The van der Waals surface area contributed by atoms with Crippen molar-refractivity contribution in [3.05, 3.63) is 58.4 Å². The summed E-state index contributed by atoms with van der Waals surface area (Å²) >= 11 is 0. The third-order valence-corrected chi connectivity index (χ3v) is 7.43. The van der Waals surface area contributed by atoms with Crippen molar-refractivity contribution < 1.29 is 31.1 Å². The monoisotopic (exact) mass is 508 g/mol. The number of allylic oxidation sites excluding steroid dienone is 2. The predicted octanol–water partition coefficient (Wildman–Crippen LogP) is 8.95. The fourth-order valence-corrected chi connectivity index (χ4v) is 5.44. The summed E-state index contributed by atoms with van der Waals surface area (Å²) in [7, 11) is 0. The zero-order valence-electron chi connectivity index (χ0n) is 20.3. The van der Waals surface area contributed by atoms with E-state index in [1.807, 2.05) is 0 Å². The van der Waals surface area contributed by atoms with E-state index in [-0.39, 0.29) is 5.39 Å². The Morgan fingerprint density at radius 1 is 0.972 bits per heavy atom. The first-order valence-electron chi connectivity index (χ1n) is 12.7. The molecule has 3 atom stereocenters. The van der Waals surface area contributed by atoms with Gasteiger partial charge in [0, 0.05) is 5.92 Å². The van der Waals surface area contributed by atoms with Crippen molar-refractivity contribution in [3.63, 3.8) is 0 Å². The number of rotatable bonds is 6. The lowest BCUT2D eigenvalue weighted by Gasteiger charge is -2.36. The minimum absolute atomic E-state index is 0.0729. The summed E-state index contributed by atoms with van der Waals surface area (Å²) in [6.45, 7) is 2.75. The van der Waals surface area contributed by atoms with E-state index in [9.17, 15) is 26.3 Å². The molecule has 0 radical (unpaired) electrons. The Balaban J connectivity index is 1.44. The average Bonchev–Trinajstić information content (AvgIpc) is 2.83. The Bertz CT molecular complexity index is 1180. The number of unbranched alkanes of at least 4 members (excludes halogenated alkanes) is 2. The SMILES string of the molecule is CCCCCC1=CCC(C2CCC(c3cc(F)c4c(F)c(C#CC(F)(F)F)c(F)cc4c3)OC2)CC1. The van der Waals surface area contributed by atoms with E-state index in [1.165, 1.54) is 37.7 Å². The second kappa shape index (κ2) is 11.3. The molecule has 1 aliphatic carbocycles. The van der Waals surface area contributed by atoms with Crippen LogP contribution in [0, 0.1) is 41.1 Å². The molecule has 1 saturated heterocycles. The number of hydrogen-bond acceptors (Lipinski definition) is 1. The van der Waals surface area contributed by atoms with E-state index in [2.05, 4.69) is 13.0 Å². The van der Waals surface area contributed by atoms with Crippen LogP contribution in [0.5, 0.6) is 0 Å². The van der Waals surface area contributed by atoms with Crippen molar-refractivity contribution in [2.75, 3.05) is 6.61 Å². The lowest BCUT2D eigenvalue weighted by molar-refractivity contribution is -0.0696. The van der Waals surface area contributed by atoms with Crippen molar-refractivity contribution in [2.24, 2.45) is 11.8 Å². The van der Waals surface area contributed by atoms with Gasteiger partial charge in [-0.1, -0.05) is 37.3 Å². The number of hydrogen-bond donors (Lipinski definition) is 0. The van der Waals surface area contributed by atoms with Crippen LogP contribution in [0.1, 0.15) is 81.9 Å². The first kappa shape index (κ1) is 26.6. The molecule has 2 aliphatic rings. The summed E-state index contributed by atoms with van der Waals surface area (Å²) < 4.78 is 87.1. The van der Waals surface area contributed by atoms with Crippen LogP contribution in [0.4, 0.5) is 26.3 Å². The summed E-state index contributed by atoms with van der Waals surface area (Å²) in [5.41, 5.74) is 0.930. The van der Waals surface area contributed by atoms with Gasteiger partial charge in [0.1, 0.15) is 11.6 Å². The third kappa shape index (κ3) is 6.26. The molecule has 0 aromatic heterocycles. The molecule has 194 valence electrons. The Labute approximate surface area is 207 Å². The quantitative estimate of drug-likeness (QED) is 0.164. The molecular weight excluding hydrogens is 478 g/mol. The molecule has 1 nitrogen and oxygen atoms in total. The normalized spacial score (nSPS) is 22.8. The summed E-state index contributed by atoms with van der Waals surface area (Å²) in [6.07, 6.45) is 6.93. The summed E-state index contributed by atoms with van der Waals surface area (Å²) in [5, 5.41) is -0.652. The van der Waals surface area contributed by atoms with Gasteiger partial charge in [-0.2, -0.15) is 13.2 Å². The highest BCUT2D eigenvalue weighted by Gasteiger charge is 2.31. The van der Waals surface area contributed by atoms with Gasteiger partial charge < -0.3 is 4.74 Å². The van der Waals surface area contributed by atoms with Gasteiger partial charge in [0.15, 0.2) is 5.82 Å². The lowest BCUT2D eigenvalue weighted by Crippen LogP contribution is -2.28. The third-order valence-electron chi connectivity index (χ3n) is 7.43. The van der Waals surface area contributed by atoms with E-state index in [0.717, 1.165) is 43.7 Å². The molecule has 0 N–H and O–H groups in total. The predicted molar refractivity (Wildman–Crippen MR) is 128 cm³/mol. The second-order valence-electron chi connectivity index (χ2n) is 9.91. The summed E-state index contributed by atoms with van der Waals surface area (Å²) in [6, 6.07) is 3.40. The maximum Gasteiger partial charge on any atom is 0.458 e. The molecule has 1 aliphatic heterocycles. The van der Waals surface area contributed by atoms with Gasteiger partial charge >= 0.3 is 6.18 Å². The molecule has 36 heavy (non-hydrogen) atoms. The van der Waals surface area contributed by atoms with Crippen molar-refractivity contribution in [3.8, 4) is 11.8 Å². The van der Waals surface area contributed by atoms with Crippen LogP contribution in [0.3, 0.4) is 0 Å². The molecule has 0 spiro atoms. The van der Waals surface area contributed by atoms with Crippen LogP contribution in [-0.2, 0) is 4.74 Å². The molecule has 4 rings (SSSR count). The maximum absolute atomic E-state index is 14.9. The van der Waals surface area contributed by atoms with Gasteiger partial charge in [-0.3, -0.25) is 0 Å². The summed E-state index contributed by atoms with van der Waals surface area (Å²) in [5.74, 6) is -0.410. The first-order valence-corrected chi connectivity index (χ1v) is 12.7. The number of ether oxygens (including phenoxy) is 1. The minimum atomic E-state index is -4.92. The molecule has 2 aromatic rings. The summed E-state index contributed by atoms with van der Waals surface area (Å²) in [4.78, 5) is 0. The molecule has 1 fully saturated rings. The number of alkyl halides is 3. The van der Waals surface area contributed by atoms with Crippen LogP contribution < -0.4 is 0 Å². The number of benzene rings is 2. The number of halogens is 6. The van der Waals surface area contributed by atoms with Crippen molar-refractivity contribution in [1.82, 2.24) is 0 Å². The number of fused-ring (bicyclic) bond motifs is 1.